The summed E-state index contributed by atoms with van der Waals surface area (Å²) in [5, 5.41) is 0. The van der Waals surface area contributed by atoms with Crippen molar-refractivity contribution in [3.63, 3.8) is 0 Å². The van der Waals surface area contributed by atoms with Crippen molar-refractivity contribution in [1.29, 1.82) is 0 Å². The van der Waals surface area contributed by atoms with Crippen LogP contribution in [0.1, 0.15) is 11.1 Å². The molecule has 110 valence electrons. The summed E-state index contributed by atoms with van der Waals surface area (Å²) in [5.74, 6) is -0.0906. The minimum absolute atomic E-state index is 0.0906. The molecule has 2 aromatic rings. The lowest BCUT2D eigenvalue weighted by molar-refractivity contribution is 0.194. The van der Waals surface area contributed by atoms with Gasteiger partial charge in [0.15, 0.2) is 0 Å². The Labute approximate surface area is 125 Å². The molecule has 4 nitrogen and oxygen atoms in total. The van der Waals surface area contributed by atoms with Gasteiger partial charge in [-0.15, -0.1) is 0 Å². The van der Waals surface area contributed by atoms with E-state index in [0.29, 0.717) is 0 Å². The largest absolute Gasteiger partial charge is 0.378 e. The summed E-state index contributed by atoms with van der Waals surface area (Å²) >= 11 is 0. The van der Waals surface area contributed by atoms with Gasteiger partial charge in [-0.2, -0.15) is 0 Å². The topological polar surface area (TPSA) is 52.6 Å². The van der Waals surface area contributed by atoms with Crippen LogP contribution in [0.5, 0.6) is 0 Å². The van der Waals surface area contributed by atoms with Gasteiger partial charge in [0.2, 0.25) is 5.90 Å². The molecule has 1 unspecified atom stereocenters. The van der Waals surface area contributed by atoms with E-state index >= 15 is 0 Å². The van der Waals surface area contributed by atoms with Crippen LogP contribution in [0, 0.1) is 0 Å². The fourth-order valence-corrected chi connectivity index (χ4v) is 3.83. The number of rotatable bonds is 8. The van der Waals surface area contributed by atoms with Gasteiger partial charge in [0.05, 0.1) is 13.2 Å². The van der Waals surface area contributed by atoms with Gasteiger partial charge >= 0.3 is 16.1 Å². The second kappa shape index (κ2) is 8.21. The van der Waals surface area contributed by atoms with Crippen molar-refractivity contribution in [3.05, 3.63) is 71.8 Å². The molecule has 6 heteroatoms. The fourth-order valence-electron chi connectivity index (χ4n) is 1.70. The Kier molecular flexibility index (Phi) is 6.28. The van der Waals surface area contributed by atoms with Crippen molar-refractivity contribution >= 4 is 16.1 Å². The highest BCUT2D eigenvalue weighted by Crippen LogP contribution is 2.52. The SMILES string of the molecule is O=[PH+]CP(=O)(OCc1ccccc1)OCc1ccccc1. The molecule has 0 spiro atoms. The maximum absolute atomic E-state index is 12.5. The fraction of sp³-hybridized carbons (Fsp3) is 0.200. The Morgan fingerprint density at radius 1 is 0.810 bits per heavy atom. The van der Waals surface area contributed by atoms with Crippen molar-refractivity contribution in [2.45, 2.75) is 13.2 Å². The van der Waals surface area contributed by atoms with E-state index in [1.807, 2.05) is 60.7 Å². The summed E-state index contributed by atoms with van der Waals surface area (Å²) in [5.41, 5.74) is 1.80. The number of benzene rings is 2. The van der Waals surface area contributed by atoms with Crippen LogP contribution in [0.15, 0.2) is 60.7 Å². The molecule has 0 saturated heterocycles. The normalized spacial score (nSPS) is 11.6. The van der Waals surface area contributed by atoms with Crippen LogP contribution in [0.4, 0.5) is 0 Å². The third-order valence-corrected chi connectivity index (χ3v) is 5.91. The standard InChI is InChI=1S/C15H16O4P2/c16-20-13-21(17,18-11-14-7-3-1-4-8-14)19-12-15-9-5-2-6-10-15/h1-10H,11-13H2/p+1. The Morgan fingerprint density at radius 2 is 1.24 bits per heavy atom. The van der Waals surface area contributed by atoms with Crippen LogP contribution in [-0.4, -0.2) is 5.90 Å². The molecule has 0 heterocycles. The first-order valence-electron chi connectivity index (χ1n) is 6.53. The van der Waals surface area contributed by atoms with Gasteiger partial charge in [0.1, 0.15) is 0 Å². The minimum atomic E-state index is -3.35. The number of hydrogen-bond donors (Lipinski definition) is 0. The van der Waals surface area contributed by atoms with Gasteiger partial charge in [0, 0.05) is 0 Å². The van der Waals surface area contributed by atoms with E-state index in [1.165, 1.54) is 0 Å². The third kappa shape index (κ3) is 5.53. The zero-order chi connectivity index (χ0) is 15.0. The van der Waals surface area contributed by atoms with Gasteiger partial charge in [-0.05, 0) is 11.1 Å². The highest BCUT2D eigenvalue weighted by molar-refractivity contribution is 7.62. The molecule has 1 atom stereocenters. The lowest BCUT2D eigenvalue weighted by Crippen LogP contribution is -1.98. The quantitative estimate of drug-likeness (QED) is 0.667. The van der Waals surface area contributed by atoms with Crippen molar-refractivity contribution in [2.24, 2.45) is 0 Å². The summed E-state index contributed by atoms with van der Waals surface area (Å²) < 4.78 is 34.2. The lowest BCUT2D eigenvalue weighted by atomic mass is 10.2. The molecule has 21 heavy (non-hydrogen) atoms. The average molecular weight is 323 g/mol. The molecule has 0 radical (unpaired) electrons. The van der Waals surface area contributed by atoms with Crippen LogP contribution in [0.25, 0.3) is 0 Å². The van der Waals surface area contributed by atoms with Gasteiger partial charge in [-0.3, -0.25) is 4.57 Å². The van der Waals surface area contributed by atoms with Crippen molar-refractivity contribution in [3.8, 4) is 0 Å². The smallest absolute Gasteiger partial charge is 0.301 e. The molecule has 0 aliphatic rings. The van der Waals surface area contributed by atoms with Crippen LogP contribution in [0.3, 0.4) is 0 Å². The minimum Gasteiger partial charge on any atom is -0.301 e. The maximum atomic E-state index is 12.5. The van der Waals surface area contributed by atoms with Crippen LogP contribution < -0.4 is 0 Å². The summed E-state index contributed by atoms with van der Waals surface area (Å²) in [4.78, 5) is 0. The number of hydrogen-bond acceptors (Lipinski definition) is 4. The van der Waals surface area contributed by atoms with Crippen LogP contribution in [0.2, 0.25) is 0 Å². The zero-order valence-corrected chi connectivity index (χ0v) is 13.4. The van der Waals surface area contributed by atoms with Gasteiger partial charge in [-0.25, -0.2) is 0 Å². The van der Waals surface area contributed by atoms with Gasteiger partial charge in [-0.1, -0.05) is 65.2 Å². The molecule has 0 amide bonds. The second-order valence-electron chi connectivity index (χ2n) is 4.43. The summed E-state index contributed by atoms with van der Waals surface area (Å²) in [6.07, 6.45) is 0. The van der Waals surface area contributed by atoms with Crippen LogP contribution in [-0.2, 0) is 31.4 Å². The summed E-state index contributed by atoms with van der Waals surface area (Å²) in [7, 11) is -4.07. The molecule has 0 bridgehead atoms. The molecule has 2 rings (SSSR count). The molecular weight excluding hydrogens is 306 g/mol. The molecule has 2 aromatic carbocycles. The molecule has 0 N–H and O–H groups in total. The van der Waals surface area contributed by atoms with E-state index in [2.05, 4.69) is 0 Å². The third-order valence-electron chi connectivity index (χ3n) is 2.80. The van der Waals surface area contributed by atoms with Crippen molar-refractivity contribution in [2.75, 3.05) is 5.90 Å². The zero-order valence-electron chi connectivity index (χ0n) is 11.5. The van der Waals surface area contributed by atoms with Crippen molar-refractivity contribution in [1.82, 2.24) is 0 Å². The van der Waals surface area contributed by atoms with Crippen LogP contribution >= 0.6 is 16.1 Å². The summed E-state index contributed by atoms with van der Waals surface area (Å²) in [6, 6.07) is 18.8. The Balaban J connectivity index is 1.95. The maximum Gasteiger partial charge on any atom is 0.378 e. The lowest BCUT2D eigenvalue weighted by Gasteiger charge is -2.14. The Morgan fingerprint density at radius 3 is 1.62 bits per heavy atom. The van der Waals surface area contributed by atoms with E-state index in [9.17, 15) is 9.13 Å². The van der Waals surface area contributed by atoms with E-state index in [0.717, 1.165) is 11.1 Å². The van der Waals surface area contributed by atoms with E-state index < -0.39 is 16.1 Å². The predicted octanol–water partition coefficient (Wildman–Crippen LogP) is 4.59. The van der Waals surface area contributed by atoms with E-state index in [4.69, 9.17) is 9.05 Å². The highest BCUT2D eigenvalue weighted by Gasteiger charge is 2.29. The predicted molar refractivity (Wildman–Crippen MR) is 83.9 cm³/mol. The molecule has 0 fully saturated rings. The average Bonchev–Trinajstić information content (AvgIpc) is 2.54. The second-order valence-corrected chi connectivity index (χ2v) is 7.72. The Hall–Kier alpha value is -1.31. The first-order valence-corrected chi connectivity index (χ1v) is 9.37. The molecular formula is C15H17O4P2+. The van der Waals surface area contributed by atoms with E-state index in [-0.39, 0.29) is 19.1 Å². The Bertz CT molecular complexity index is 554. The first-order chi connectivity index (χ1) is 10.2. The highest BCUT2D eigenvalue weighted by atomic mass is 31.2. The van der Waals surface area contributed by atoms with Gasteiger partial charge < -0.3 is 9.05 Å². The molecule has 0 aromatic heterocycles. The molecule has 0 aliphatic heterocycles. The summed E-state index contributed by atoms with van der Waals surface area (Å²) in [6.45, 7) is 0.356. The van der Waals surface area contributed by atoms with E-state index in [1.54, 1.807) is 0 Å². The molecule has 0 saturated carbocycles. The molecule has 0 aliphatic carbocycles. The monoisotopic (exact) mass is 323 g/mol. The van der Waals surface area contributed by atoms with Crippen molar-refractivity contribution < 1.29 is 18.2 Å². The first kappa shape index (κ1) is 16.1. The van der Waals surface area contributed by atoms with Gasteiger partial charge in [0.25, 0.3) is 0 Å².